The number of hydrogen-bond donors (Lipinski definition) is 0. The molecule has 0 N–H and O–H groups in total. The van der Waals surface area contributed by atoms with Crippen LogP contribution >= 0.6 is 0 Å². The third kappa shape index (κ3) is 3.40. The monoisotopic (exact) mass is 381 g/mol. The van der Waals surface area contributed by atoms with Gasteiger partial charge in [0.05, 0.1) is 0 Å². The highest BCUT2D eigenvalue weighted by Crippen LogP contribution is 2.25. The summed E-state index contributed by atoms with van der Waals surface area (Å²) in [5.74, 6) is 1.82. The van der Waals surface area contributed by atoms with Gasteiger partial charge in [-0.1, -0.05) is 26.8 Å². The van der Waals surface area contributed by atoms with Crippen molar-refractivity contribution < 1.29 is 0 Å². The number of fused-ring (bicyclic) bond motifs is 1. The Hall–Kier alpha value is -2.74. The van der Waals surface area contributed by atoms with E-state index in [9.17, 15) is 4.79 Å². The second-order valence-electron chi connectivity index (χ2n) is 8.70. The molecule has 28 heavy (non-hydrogen) atoms. The molecule has 0 saturated carbocycles. The molecule has 1 saturated heterocycles. The van der Waals surface area contributed by atoms with Gasteiger partial charge >= 0.3 is 0 Å². The molecule has 0 amide bonds. The van der Waals surface area contributed by atoms with Crippen molar-refractivity contribution >= 4 is 11.5 Å². The number of hydrogen-bond acceptors (Lipinski definition) is 6. The lowest BCUT2D eigenvalue weighted by Crippen LogP contribution is -2.58. The minimum Gasteiger partial charge on any atom is -0.352 e. The lowest BCUT2D eigenvalue weighted by Gasteiger charge is -2.44. The van der Waals surface area contributed by atoms with E-state index in [2.05, 4.69) is 47.8 Å². The molecule has 1 fully saturated rings. The fourth-order valence-corrected chi connectivity index (χ4v) is 3.50. The highest BCUT2D eigenvalue weighted by atomic mass is 16.1. The van der Waals surface area contributed by atoms with Gasteiger partial charge in [0.2, 0.25) is 5.56 Å². The van der Waals surface area contributed by atoms with Crippen LogP contribution in [0.25, 0.3) is 5.65 Å². The van der Waals surface area contributed by atoms with Gasteiger partial charge in [-0.3, -0.25) is 9.69 Å². The highest BCUT2D eigenvalue weighted by molar-refractivity contribution is 5.48. The van der Waals surface area contributed by atoms with E-state index in [-0.39, 0.29) is 11.0 Å². The molecule has 0 atom stereocenters. The summed E-state index contributed by atoms with van der Waals surface area (Å²) in [5, 5.41) is 13.3. The summed E-state index contributed by atoms with van der Waals surface area (Å²) in [5.41, 5.74) is 1.82. The van der Waals surface area contributed by atoms with Crippen LogP contribution < -0.4 is 10.5 Å². The predicted octanol–water partition coefficient (Wildman–Crippen LogP) is 1.44. The Bertz CT molecular complexity index is 1060. The number of aryl methyl sites for hydroxylation is 1. The lowest BCUT2D eigenvalue weighted by atomic mass is 9.96. The molecule has 0 aromatic carbocycles. The van der Waals surface area contributed by atoms with Gasteiger partial charge in [0.15, 0.2) is 11.5 Å². The molecule has 0 aliphatic carbocycles. The van der Waals surface area contributed by atoms with Gasteiger partial charge in [0.1, 0.15) is 5.82 Å². The zero-order valence-corrected chi connectivity index (χ0v) is 17.1. The summed E-state index contributed by atoms with van der Waals surface area (Å²) < 4.78 is 3.48. The molecular formula is C20H27N7O. The molecule has 1 aliphatic heterocycles. The Labute approximate surface area is 164 Å². The van der Waals surface area contributed by atoms with Crippen LogP contribution in [0.3, 0.4) is 0 Å². The van der Waals surface area contributed by atoms with E-state index in [1.165, 1.54) is 0 Å². The SMILES string of the molecule is CN(Cc1ccc(=O)n(C)c1)C1CN(c2ccc3nnc(C(C)(C)C)n3n2)C1. The van der Waals surface area contributed by atoms with Gasteiger partial charge in [0, 0.05) is 50.4 Å². The van der Waals surface area contributed by atoms with Crippen LogP contribution in [-0.2, 0) is 19.0 Å². The van der Waals surface area contributed by atoms with Crippen LogP contribution in [0.15, 0.2) is 35.3 Å². The van der Waals surface area contributed by atoms with Gasteiger partial charge in [-0.2, -0.15) is 4.52 Å². The Morgan fingerprint density at radius 3 is 2.57 bits per heavy atom. The second-order valence-corrected chi connectivity index (χ2v) is 8.70. The number of anilines is 1. The first-order valence-corrected chi connectivity index (χ1v) is 9.56. The molecular weight excluding hydrogens is 354 g/mol. The van der Waals surface area contributed by atoms with Crippen molar-refractivity contribution in [3.63, 3.8) is 0 Å². The molecule has 8 nitrogen and oxygen atoms in total. The lowest BCUT2D eigenvalue weighted by molar-refractivity contribution is 0.196. The molecule has 0 bridgehead atoms. The van der Waals surface area contributed by atoms with E-state index in [0.29, 0.717) is 6.04 Å². The second kappa shape index (κ2) is 6.70. The van der Waals surface area contributed by atoms with Crippen molar-refractivity contribution in [1.29, 1.82) is 0 Å². The smallest absolute Gasteiger partial charge is 0.250 e. The van der Waals surface area contributed by atoms with E-state index in [1.807, 2.05) is 28.9 Å². The molecule has 0 unspecified atom stereocenters. The molecule has 3 aromatic heterocycles. The minimum atomic E-state index is -0.113. The van der Waals surface area contributed by atoms with Gasteiger partial charge in [0.25, 0.3) is 0 Å². The van der Waals surface area contributed by atoms with Crippen molar-refractivity contribution in [3.05, 3.63) is 52.2 Å². The van der Waals surface area contributed by atoms with Crippen LogP contribution in [0.5, 0.6) is 0 Å². The van der Waals surface area contributed by atoms with Crippen molar-refractivity contribution in [1.82, 2.24) is 29.3 Å². The zero-order valence-electron chi connectivity index (χ0n) is 17.1. The first kappa shape index (κ1) is 18.6. The maximum absolute atomic E-state index is 11.5. The van der Waals surface area contributed by atoms with E-state index >= 15 is 0 Å². The number of aromatic nitrogens is 5. The standard InChI is InChI=1S/C20H27N7O/c1-20(2,3)19-22-21-16-7-8-17(23-27(16)19)26-12-15(13-26)24(4)10-14-6-9-18(28)25(5)11-14/h6-9,11,15H,10,12-13H2,1-5H3. The van der Waals surface area contributed by atoms with Crippen LogP contribution in [0.2, 0.25) is 0 Å². The molecule has 1 aliphatic rings. The molecule has 4 heterocycles. The highest BCUT2D eigenvalue weighted by Gasteiger charge is 2.31. The summed E-state index contributed by atoms with van der Waals surface area (Å²) in [7, 11) is 3.91. The van der Waals surface area contributed by atoms with Crippen LogP contribution in [0.4, 0.5) is 5.82 Å². The van der Waals surface area contributed by atoms with Crippen molar-refractivity contribution in [2.24, 2.45) is 7.05 Å². The summed E-state index contributed by atoms with van der Waals surface area (Å²) in [6.07, 6.45) is 1.91. The van der Waals surface area contributed by atoms with Crippen LogP contribution in [0, 0.1) is 0 Å². The molecule has 0 radical (unpaired) electrons. The maximum Gasteiger partial charge on any atom is 0.250 e. The maximum atomic E-state index is 11.5. The van der Waals surface area contributed by atoms with Crippen molar-refractivity contribution in [2.45, 2.75) is 38.8 Å². The largest absolute Gasteiger partial charge is 0.352 e. The average Bonchev–Trinajstić information content (AvgIpc) is 3.00. The van der Waals surface area contributed by atoms with Crippen molar-refractivity contribution in [3.8, 4) is 0 Å². The Morgan fingerprint density at radius 1 is 1.14 bits per heavy atom. The Balaban J connectivity index is 1.44. The summed E-state index contributed by atoms with van der Waals surface area (Å²) >= 11 is 0. The van der Waals surface area contributed by atoms with Gasteiger partial charge in [-0.25, -0.2) is 0 Å². The summed E-state index contributed by atoms with van der Waals surface area (Å²) in [6.45, 7) is 9.02. The van der Waals surface area contributed by atoms with Gasteiger partial charge in [-0.15, -0.1) is 15.3 Å². The average molecular weight is 381 g/mol. The molecule has 8 heteroatoms. The normalized spacial score (nSPS) is 15.4. The third-order valence-corrected chi connectivity index (χ3v) is 5.31. The Kier molecular flexibility index (Phi) is 4.45. The van der Waals surface area contributed by atoms with Gasteiger partial charge < -0.3 is 9.47 Å². The number of rotatable bonds is 4. The molecule has 148 valence electrons. The molecule has 4 rings (SSSR count). The first-order valence-electron chi connectivity index (χ1n) is 9.56. The third-order valence-electron chi connectivity index (χ3n) is 5.31. The predicted molar refractivity (Wildman–Crippen MR) is 109 cm³/mol. The van der Waals surface area contributed by atoms with E-state index in [1.54, 1.807) is 17.7 Å². The summed E-state index contributed by atoms with van der Waals surface area (Å²) in [4.78, 5) is 16.1. The summed E-state index contributed by atoms with van der Waals surface area (Å²) in [6, 6.07) is 7.98. The zero-order chi connectivity index (χ0) is 20.1. The quantitative estimate of drug-likeness (QED) is 0.681. The fourth-order valence-electron chi connectivity index (χ4n) is 3.50. The first-order chi connectivity index (χ1) is 13.2. The minimum absolute atomic E-state index is 0.0197. The van der Waals surface area contributed by atoms with Gasteiger partial charge in [-0.05, 0) is 24.7 Å². The number of likely N-dealkylation sites (N-methyl/N-ethyl adjacent to an activating group) is 1. The van der Waals surface area contributed by atoms with E-state index in [0.717, 1.165) is 42.5 Å². The van der Waals surface area contributed by atoms with E-state index < -0.39 is 0 Å². The molecule has 3 aromatic rings. The fraction of sp³-hybridized carbons (Fsp3) is 0.500. The topological polar surface area (TPSA) is 71.6 Å². The van der Waals surface area contributed by atoms with Crippen LogP contribution in [0.1, 0.15) is 32.2 Å². The number of nitrogens with zero attached hydrogens (tertiary/aromatic N) is 7. The number of pyridine rings is 1. The van der Waals surface area contributed by atoms with E-state index in [4.69, 9.17) is 5.10 Å². The molecule has 0 spiro atoms. The Morgan fingerprint density at radius 2 is 1.89 bits per heavy atom. The van der Waals surface area contributed by atoms with Crippen LogP contribution in [-0.4, -0.2) is 55.5 Å². The van der Waals surface area contributed by atoms with Crippen molar-refractivity contribution in [2.75, 3.05) is 25.0 Å².